The monoisotopic (exact) mass is 287 g/mol. The van der Waals surface area contributed by atoms with Crippen molar-refractivity contribution in [2.75, 3.05) is 11.9 Å². The van der Waals surface area contributed by atoms with Crippen LogP contribution >= 0.6 is 15.9 Å². The van der Waals surface area contributed by atoms with E-state index in [1.54, 1.807) is 6.07 Å². The molecule has 4 heteroatoms. The molecule has 2 nitrogen and oxygen atoms in total. The molecule has 0 aromatic heterocycles. The van der Waals surface area contributed by atoms with Crippen LogP contribution in [-0.2, 0) is 0 Å². The van der Waals surface area contributed by atoms with Crippen molar-refractivity contribution >= 4 is 21.8 Å². The van der Waals surface area contributed by atoms with Crippen LogP contribution in [0.4, 0.5) is 4.39 Å². The first-order chi connectivity index (χ1) is 7.44. The standard InChI is InChI=1S/C12H15BrFNO/c1-12(2,7-13)8-15-11(16)9-4-3-5-10(14)6-9/h3-6H,7-8H2,1-2H3,(H,15,16). The average Bonchev–Trinajstić information content (AvgIpc) is 2.26. The van der Waals surface area contributed by atoms with Crippen molar-refractivity contribution in [1.82, 2.24) is 5.32 Å². The van der Waals surface area contributed by atoms with Crippen LogP contribution in [0, 0.1) is 11.2 Å². The first-order valence-electron chi connectivity index (χ1n) is 5.04. The number of benzene rings is 1. The molecule has 0 aliphatic carbocycles. The third-order valence-electron chi connectivity index (χ3n) is 2.18. The summed E-state index contributed by atoms with van der Waals surface area (Å²) in [5.74, 6) is -0.638. The summed E-state index contributed by atoms with van der Waals surface area (Å²) in [6.45, 7) is 4.62. The lowest BCUT2D eigenvalue weighted by Crippen LogP contribution is -2.34. The maximum atomic E-state index is 12.9. The van der Waals surface area contributed by atoms with E-state index in [0.717, 1.165) is 5.33 Å². The fraction of sp³-hybridized carbons (Fsp3) is 0.417. The predicted octanol–water partition coefficient (Wildman–Crippen LogP) is 2.98. The predicted molar refractivity (Wildman–Crippen MR) is 66.3 cm³/mol. The molecule has 0 radical (unpaired) electrons. The van der Waals surface area contributed by atoms with E-state index in [9.17, 15) is 9.18 Å². The molecule has 16 heavy (non-hydrogen) atoms. The molecule has 1 amide bonds. The van der Waals surface area contributed by atoms with Crippen LogP contribution in [-0.4, -0.2) is 17.8 Å². The maximum Gasteiger partial charge on any atom is 0.251 e. The minimum absolute atomic E-state index is 0.0109. The van der Waals surface area contributed by atoms with E-state index in [0.29, 0.717) is 12.1 Å². The summed E-state index contributed by atoms with van der Waals surface area (Å²) in [5, 5.41) is 3.58. The van der Waals surface area contributed by atoms with Gasteiger partial charge in [0.25, 0.3) is 5.91 Å². The van der Waals surface area contributed by atoms with Gasteiger partial charge in [0.05, 0.1) is 0 Å². The number of alkyl halides is 1. The van der Waals surface area contributed by atoms with E-state index < -0.39 is 5.82 Å². The van der Waals surface area contributed by atoms with E-state index in [1.165, 1.54) is 18.2 Å². The van der Waals surface area contributed by atoms with E-state index in [1.807, 2.05) is 13.8 Å². The molecule has 1 aromatic rings. The van der Waals surface area contributed by atoms with Crippen molar-refractivity contribution in [1.29, 1.82) is 0 Å². The lowest BCUT2D eigenvalue weighted by atomic mass is 9.97. The fourth-order valence-corrected chi connectivity index (χ4v) is 1.30. The van der Waals surface area contributed by atoms with Gasteiger partial charge in [-0.25, -0.2) is 4.39 Å². The smallest absolute Gasteiger partial charge is 0.251 e. The van der Waals surface area contributed by atoms with Crippen molar-refractivity contribution in [2.45, 2.75) is 13.8 Å². The summed E-state index contributed by atoms with van der Waals surface area (Å²) in [7, 11) is 0. The Morgan fingerprint density at radius 2 is 2.19 bits per heavy atom. The molecule has 0 atom stereocenters. The Balaban J connectivity index is 2.60. The first kappa shape index (κ1) is 13.2. The molecular formula is C12H15BrFNO. The Morgan fingerprint density at radius 3 is 2.75 bits per heavy atom. The van der Waals surface area contributed by atoms with Gasteiger partial charge in [-0.3, -0.25) is 4.79 Å². The van der Waals surface area contributed by atoms with Crippen molar-refractivity contribution in [2.24, 2.45) is 5.41 Å². The zero-order valence-electron chi connectivity index (χ0n) is 9.39. The van der Waals surface area contributed by atoms with Gasteiger partial charge in [0.1, 0.15) is 5.82 Å². The summed E-state index contributed by atoms with van der Waals surface area (Å²) < 4.78 is 12.9. The second-order valence-corrected chi connectivity index (χ2v) is 5.05. The molecule has 0 fully saturated rings. The van der Waals surface area contributed by atoms with E-state index in [4.69, 9.17) is 0 Å². The maximum absolute atomic E-state index is 12.9. The molecule has 1 rings (SSSR count). The molecule has 88 valence electrons. The molecule has 0 spiro atoms. The fourth-order valence-electron chi connectivity index (χ4n) is 1.10. The number of amides is 1. The Morgan fingerprint density at radius 1 is 1.50 bits per heavy atom. The highest BCUT2D eigenvalue weighted by molar-refractivity contribution is 9.09. The number of halogens is 2. The summed E-state index contributed by atoms with van der Waals surface area (Å²) in [6.07, 6.45) is 0. The molecular weight excluding hydrogens is 273 g/mol. The van der Waals surface area contributed by atoms with Gasteiger partial charge in [0.15, 0.2) is 0 Å². The number of carbonyl (C=O) groups is 1. The van der Waals surface area contributed by atoms with Crippen LogP contribution in [0.5, 0.6) is 0 Å². The summed E-state index contributed by atoms with van der Waals surface area (Å²) in [6, 6.07) is 5.68. The number of hydrogen-bond acceptors (Lipinski definition) is 1. The number of nitrogens with one attached hydrogen (secondary N) is 1. The summed E-state index contributed by atoms with van der Waals surface area (Å²) in [4.78, 5) is 11.7. The number of hydrogen-bond donors (Lipinski definition) is 1. The highest BCUT2D eigenvalue weighted by atomic mass is 79.9. The average molecular weight is 288 g/mol. The van der Waals surface area contributed by atoms with Crippen LogP contribution in [0.1, 0.15) is 24.2 Å². The van der Waals surface area contributed by atoms with Crippen molar-refractivity contribution in [3.63, 3.8) is 0 Å². The molecule has 0 bridgehead atoms. The Hall–Kier alpha value is -0.900. The third-order valence-corrected chi connectivity index (χ3v) is 3.69. The van der Waals surface area contributed by atoms with Gasteiger partial charge in [0, 0.05) is 17.4 Å². The molecule has 0 aliphatic rings. The van der Waals surface area contributed by atoms with Gasteiger partial charge in [0.2, 0.25) is 0 Å². The molecule has 0 unspecified atom stereocenters. The Labute approximate surface area is 103 Å². The topological polar surface area (TPSA) is 29.1 Å². The minimum atomic E-state index is -0.396. The normalized spacial score (nSPS) is 11.2. The van der Waals surface area contributed by atoms with Crippen LogP contribution in [0.25, 0.3) is 0 Å². The van der Waals surface area contributed by atoms with Crippen LogP contribution in [0.15, 0.2) is 24.3 Å². The second-order valence-electron chi connectivity index (χ2n) is 4.49. The van der Waals surface area contributed by atoms with Gasteiger partial charge >= 0.3 is 0 Å². The van der Waals surface area contributed by atoms with E-state index in [-0.39, 0.29) is 11.3 Å². The number of rotatable bonds is 4. The zero-order valence-corrected chi connectivity index (χ0v) is 11.0. The van der Waals surface area contributed by atoms with Gasteiger partial charge in [-0.1, -0.05) is 35.8 Å². The van der Waals surface area contributed by atoms with Crippen LogP contribution in [0.3, 0.4) is 0 Å². The SMILES string of the molecule is CC(C)(CBr)CNC(=O)c1cccc(F)c1. The second kappa shape index (κ2) is 5.43. The van der Waals surface area contributed by atoms with Crippen molar-refractivity contribution < 1.29 is 9.18 Å². The Kier molecular flexibility index (Phi) is 4.47. The van der Waals surface area contributed by atoms with Gasteiger partial charge in [-0.05, 0) is 23.6 Å². The largest absolute Gasteiger partial charge is 0.351 e. The van der Waals surface area contributed by atoms with Gasteiger partial charge in [-0.2, -0.15) is 0 Å². The van der Waals surface area contributed by atoms with Crippen molar-refractivity contribution in [3.8, 4) is 0 Å². The van der Waals surface area contributed by atoms with Crippen LogP contribution < -0.4 is 5.32 Å². The minimum Gasteiger partial charge on any atom is -0.351 e. The lowest BCUT2D eigenvalue weighted by Gasteiger charge is -2.21. The van der Waals surface area contributed by atoms with E-state index >= 15 is 0 Å². The molecule has 0 aliphatic heterocycles. The first-order valence-corrected chi connectivity index (χ1v) is 6.16. The highest BCUT2D eigenvalue weighted by Gasteiger charge is 2.17. The third kappa shape index (κ3) is 3.93. The summed E-state index contributed by atoms with van der Waals surface area (Å²) >= 11 is 3.38. The molecule has 1 N–H and O–H groups in total. The molecule has 0 heterocycles. The van der Waals surface area contributed by atoms with E-state index in [2.05, 4.69) is 21.2 Å². The van der Waals surface area contributed by atoms with Gasteiger partial charge < -0.3 is 5.32 Å². The van der Waals surface area contributed by atoms with Crippen molar-refractivity contribution in [3.05, 3.63) is 35.6 Å². The molecule has 0 saturated carbocycles. The quantitative estimate of drug-likeness (QED) is 0.848. The highest BCUT2D eigenvalue weighted by Crippen LogP contribution is 2.16. The Bertz CT molecular complexity index is 379. The number of carbonyl (C=O) groups excluding carboxylic acids is 1. The van der Waals surface area contributed by atoms with Crippen LogP contribution in [0.2, 0.25) is 0 Å². The zero-order chi connectivity index (χ0) is 12.2. The van der Waals surface area contributed by atoms with Gasteiger partial charge in [-0.15, -0.1) is 0 Å². The molecule has 0 saturated heterocycles. The summed E-state index contributed by atoms with van der Waals surface area (Å²) in [5.41, 5.74) is 0.341. The molecule has 1 aromatic carbocycles. The lowest BCUT2D eigenvalue weighted by molar-refractivity contribution is 0.0939.